The molecule has 2 nitrogen and oxygen atoms in total. The molecule has 3 aromatic rings. The molecule has 1 N–H and O–H groups in total. The van der Waals surface area contributed by atoms with Gasteiger partial charge in [-0.15, -0.1) is 22.7 Å². The number of hydrogen-bond acceptors (Lipinski definition) is 4. The Balaban J connectivity index is 1.95. The van der Waals surface area contributed by atoms with Crippen LogP contribution in [0.25, 0.3) is 10.1 Å². The number of benzene rings is 1. The molecule has 0 saturated heterocycles. The van der Waals surface area contributed by atoms with Crippen molar-refractivity contribution >= 4 is 32.8 Å². The number of hydrogen-bond donors (Lipinski definition) is 1. The van der Waals surface area contributed by atoms with Gasteiger partial charge in [-0.2, -0.15) is 0 Å². The summed E-state index contributed by atoms with van der Waals surface area (Å²) < 4.78 is 1.36. The van der Waals surface area contributed by atoms with Crippen LogP contribution in [0, 0.1) is 0 Å². The lowest BCUT2D eigenvalue weighted by Crippen LogP contribution is -2.22. The third-order valence-electron chi connectivity index (χ3n) is 3.20. The van der Waals surface area contributed by atoms with Crippen LogP contribution in [0.3, 0.4) is 0 Å². The Morgan fingerprint density at radius 1 is 1.26 bits per heavy atom. The van der Waals surface area contributed by atoms with Gasteiger partial charge in [0, 0.05) is 28.7 Å². The van der Waals surface area contributed by atoms with E-state index in [0.717, 1.165) is 13.0 Å². The highest BCUT2D eigenvalue weighted by Gasteiger charge is 2.16. The zero-order valence-electron chi connectivity index (χ0n) is 10.8. The van der Waals surface area contributed by atoms with E-state index in [2.05, 4.69) is 46.9 Å². The van der Waals surface area contributed by atoms with Gasteiger partial charge >= 0.3 is 0 Å². The van der Waals surface area contributed by atoms with Crippen LogP contribution in [0.5, 0.6) is 0 Å². The van der Waals surface area contributed by atoms with Gasteiger partial charge in [0.15, 0.2) is 0 Å². The van der Waals surface area contributed by atoms with Gasteiger partial charge in [-0.25, -0.2) is 4.98 Å². The molecule has 1 aromatic carbocycles. The maximum absolute atomic E-state index is 4.41. The molecule has 0 spiro atoms. The average Bonchev–Trinajstić information content (AvgIpc) is 3.07. The van der Waals surface area contributed by atoms with Crippen molar-refractivity contribution in [2.24, 2.45) is 0 Å². The highest BCUT2D eigenvalue weighted by Crippen LogP contribution is 2.32. The first-order valence-corrected chi connectivity index (χ1v) is 8.22. The largest absolute Gasteiger partial charge is 0.310 e. The number of fused-ring (bicyclic) bond motifs is 1. The van der Waals surface area contributed by atoms with Gasteiger partial charge in [-0.3, -0.25) is 0 Å². The molecule has 19 heavy (non-hydrogen) atoms. The Morgan fingerprint density at radius 2 is 2.16 bits per heavy atom. The van der Waals surface area contributed by atoms with Crippen LogP contribution in [-0.2, 0) is 6.42 Å². The van der Waals surface area contributed by atoms with Crippen molar-refractivity contribution in [3.05, 3.63) is 51.8 Å². The van der Waals surface area contributed by atoms with Crippen molar-refractivity contribution in [1.29, 1.82) is 0 Å². The normalized spacial score (nSPS) is 12.9. The monoisotopic (exact) mass is 288 g/mol. The predicted molar refractivity (Wildman–Crippen MR) is 84.1 cm³/mol. The Hall–Kier alpha value is -1.23. The Kier molecular flexibility index (Phi) is 3.92. The van der Waals surface area contributed by atoms with E-state index in [4.69, 9.17) is 0 Å². The van der Waals surface area contributed by atoms with Crippen molar-refractivity contribution < 1.29 is 0 Å². The van der Waals surface area contributed by atoms with E-state index in [1.807, 2.05) is 22.9 Å². The minimum absolute atomic E-state index is 0.354. The standard InChI is InChI=1S/C15H16N2S2/c1-2-16-13(9-15-17-7-8-18-15)12-10-19-14-6-4-3-5-11(12)14/h3-8,10,13,16H,2,9H2,1H3. The van der Waals surface area contributed by atoms with E-state index in [9.17, 15) is 0 Å². The van der Waals surface area contributed by atoms with Crippen LogP contribution in [0.1, 0.15) is 23.5 Å². The van der Waals surface area contributed by atoms with Gasteiger partial charge in [0.1, 0.15) is 0 Å². The number of likely N-dealkylation sites (N-methyl/N-ethyl adjacent to an activating group) is 1. The molecular formula is C15H16N2S2. The zero-order chi connectivity index (χ0) is 13.1. The fraction of sp³-hybridized carbons (Fsp3) is 0.267. The highest BCUT2D eigenvalue weighted by atomic mass is 32.1. The number of thiophene rings is 1. The van der Waals surface area contributed by atoms with Crippen molar-refractivity contribution in [3.63, 3.8) is 0 Å². The van der Waals surface area contributed by atoms with Crippen LogP contribution < -0.4 is 5.32 Å². The van der Waals surface area contributed by atoms with Crippen molar-refractivity contribution in [3.8, 4) is 0 Å². The molecular weight excluding hydrogens is 272 g/mol. The van der Waals surface area contributed by atoms with Crippen LogP contribution in [0.2, 0.25) is 0 Å². The number of nitrogens with one attached hydrogen (secondary N) is 1. The number of nitrogens with zero attached hydrogens (tertiary/aromatic N) is 1. The van der Waals surface area contributed by atoms with Crippen molar-refractivity contribution in [2.75, 3.05) is 6.54 Å². The minimum Gasteiger partial charge on any atom is -0.310 e. The zero-order valence-corrected chi connectivity index (χ0v) is 12.4. The van der Waals surface area contributed by atoms with E-state index >= 15 is 0 Å². The van der Waals surface area contributed by atoms with E-state index in [-0.39, 0.29) is 0 Å². The topological polar surface area (TPSA) is 24.9 Å². The summed E-state index contributed by atoms with van der Waals surface area (Å²) in [4.78, 5) is 4.41. The second-order valence-corrected chi connectivity index (χ2v) is 6.32. The lowest BCUT2D eigenvalue weighted by molar-refractivity contribution is 0.553. The van der Waals surface area contributed by atoms with Gasteiger partial charge in [-0.1, -0.05) is 25.1 Å². The van der Waals surface area contributed by atoms with E-state index in [1.165, 1.54) is 20.7 Å². The van der Waals surface area contributed by atoms with Gasteiger partial charge in [0.25, 0.3) is 0 Å². The van der Waals surface area contributed by atoms with Crippen LogP contribution in [0.15, 0.2) is 41.2 Å². The molecule has 0 aliphatic rings. The molecule has 3 rings (SSSR count). The second-order valence-electron chi connectivity index (χ2n) is 4.43. The summed E-state index contributed by atoms with van der Waals surface area (Å²) >= 11 is 3.56. The first kappa shape index (κ1) is 12.8. The fourth-order valence-corrected chi connectivity index (χ4v) is 4.01. The summed E-state index contributed by atoms with van der Waals surface area (Å²) in [5.74, 6) is 0. The second kappa shape index (κ2) is 5.82. The molecule has 0 saturated carbocycles. The highest BCUT2D eigenvalue weighted by molar-refractivity contribution is 7.17. The number of thiazole rings is 1. The molecule has 2 heterocycles. The maximum atomic E-state index is 4.41. The lowest BCUT2D eigenvalue weighted by atomic mass is 10.0. The molecule has 0 aliphatic carbocycles. The summed E-state index contributed by atoms with van der Waals surface area (Å²) in [7, 11) is 0. The third-order valence-corrected chi connectivity index (χ3v) is 4.98. The maximum Gasteiger partial charge on any atom is 0.0943 e. The third kappa shape index (κ3) is 2.71. The smallest absolute Gasteiger partial charge is 0.0943 e. The summed E-state index contributed by atoms with van der Waals surface area (Å²) in [6.07, 6.45) is 2.85. The molecule has 0 aliphatic heterocycles. The lowest BCUT2D eigenvalue weighted by Gasteiger charge is -2.16. The van der Waals surface area contributed by atoms with Crippen LogP contribution in [-0.4, -0.2) is 11.5 Å². The molecule has 0 fully saturated rings. The van der Waals surface area contributed by atoms with E-state index < -0.39 is 0 Å². The van der Waals surface area contributed by atoms with Crippen molar-refractivity contribution in [1.82, 2.24) is 10.3 Å². The van der Waals surface area contributed by atoms with E-state index in [1.54, 1.807) is 11.3 Å². The first-order valence-electron chi connectivity index (χ1n) is 6.46. The first-order chi connectivity index (χ1) is 9.38. The number of rotatable bonds is 5. The number of aromatic nitrogens is 1. The predicted octanol–water partition coefficient (Wildman–Crippen LogP) is 4.25. The van der Waals surface area contributed by atoms with Crippen LogP contribution >= 0.6 is 22.7 Å². The fourth-order valence-electron chi connectivity index (χ4n) is 2.34. The molecule has 0 radical (unpaired) electrons. The molecule has 98 valence electrons. The Bertz CT molecular complexity index is 643. The van der Waals surface area contributed by atoms with Gasteiger partial charge in [0.2, 0.25) is 0 Å². The molecule has 0 amide bonds. The summed E-state index contributed by atoms with van der Waals surface area (Å²) in [5.41, 5.74) is 1.40. The molecule has 2 aromatic heterocycles. The summed E-state index contributed by atoms with van der Waals surface area (Å²) in [5, 5.41) is 10.5. The Labute approximate surface area is 121 Å². The summed E-state index contributed by atoms with van der Waals surface area (Å²) in [6, 6.07) is 8.98. The molecule has 1 atom stereocenters. The van der Waals surface area contributed by atoms with Crippen molar-refractivity contribution in [2.45, 2.75) is 19.4 Å². The quantitative estimate of drug-likeness (QED) is 0.759. The van der Waals surface area contributed by atoms with E-state index in [0.29, 0.717) is 6.04 Å². The van der Waals surface area contributed by atoms with Crippen LogP contribution in [0.4, 0.5) is 0 Å². The summed E-state index contributed by atoms with van der Waals surface area (Å²) in [6.45, 7) is 3.13. The van der Waals surface area contributed by atoms with Gasteiger partial charge in [0.05, 0.1) is 5.01 Å². The van der Waals surface area contributed by atoms with Gasteiger partial charge < -0.3 is 5.32 Å². The minimum atomic E-state index is 0.354. The molecule has 1 unspecified atom stereocenters. The SMILES string of the molecule is CCNC(Cc1nccs1)c1csc2ccccc12. The van der Waals surface area contributed by atoms with Gasteiger partial charge in [-0.05, 0) is 28.9 Å². The molecule has 0 bridgehead atoms. The molecule has 4 heteroatoms. The average molecular weight is 288 g/mol. The Morgan fingerprint density at radius 3 is 2.95 bits per heavy atom.